The van der Waals surface area contributed by atoms with Gasteiger partial charge < -0.3 is 10.1 Å². The highest BCUT2D eigenvalue weighted by Crippen LogP contribution is 2.23. The van der Waals surface area contributed by atoms with Crippen molar-refractivity contribution in [1.29, 1.82) is 0 Å². The zero-order valence-corrected chi connectivity index (χ0v) is 13.4. The second kappa shape index (κ2) is 7.17. The smallest absolute Gasteiger partial charge is 0.276 e. The summed E-state index contributed by atoms with van der Waals surface area (Å²) >= 11 is 1.53. The van der Waals surface area contributed by atoms with Crippen molar-refractivity contribution >= 4 is 23.2 Å². The van der Waals surface area contributed by atoms with E-state index in [1.807, 2.05) is 47.8 Å². The third-order valence-corrected chi connectivity index (χ3v) is 4.01. The summed E-state index contributed by atoms with van der Waals surface area (Å²) in [7, 11) is 1.48. The van der Waals surface area contributed by atoms with Crippen molar-refractivity contribution in [2.45, 2.75) is 6.54 Å². The second-order valence-electron chi connectivity index (χ2n) is 4.81. The lowest BCUT2D eigenvalue weighted by molar-refractivity contribution is 0.0748. The maximum absolute atomic E-state index is 12.2. The fraction of sp³-hybridized carbons (Fsp3) is 0.188. The van der Waals surface area contributed by atoms with Crippen molar-refractivity contribution in [3.8, 4) is 10.7 Å². The first-order chi connectivity index (χ1) is 11.3. The van der Waals surface area contributed by atoms with Crippen LogP contribution in [-0.2, 0) is 11.3 Å². The van der Waals surface area contributed by atoms with Gasteiger partial charge in [0.1, 0.15) is 6.61 Å². The summed E-state index contributed by atoms with van der Waals surface area (Å²) in [6.45, 7) is 0.511. The number of thiophene rings is 1. The number of nitrogens with one attached hydrogen (secondary N) is 1. The Labute approximate surface area is 137 Å². The number of ether oxygens (including phenoxy) is 1. The SMILES string of the molecule is COCC(=O)n1nc(-c2cccs2)nc1NCc1ccccc1. The topological polar surface area (TPSA) is 69.0 Å². The summed E-state index contributed by atoms with van der Waals surface area (Å²) in [6.07, 6.45) is 0. The molecule has 3 rings (SSSR count). The third kappa shape index (κ3) is 3.64. The first kappa shape index (κ1) is 15.4. The summed E-state index contributed by atoms with van der Waals surface area (Å²) in [5.74, 6) is 0.678. The molecule has 0 radical (unpaired) electrons. The third-order valence-electron chi connectivity index (χ3n) is 3.15. The highest BCUT2D eigenvalue weighted by molar-refractivity contribution is 7.13. The molecule has 2 aromatic heterocycles. The zero-order valence-electron chi connectivity index (χ0n) is 12.6. The van der Waals surface area contributed by atoms with E-state index in [1.54, 1.807) is 0 Å². The number of nitrogens with zero attached hydrogens (tertiary/aromatic N) is 3. The number of rotatable bonds is 6. The maximum Gasteiger partial charge on any atom is 0.276 e. The van der Waals surface area contributed by atoms with Crippen LogP contribution in [0, 0.1) is 0 Å². The van der Waals surface area contributed by atoms with Crippen LogP contribution in [0.4, 0.5) is 5.95 Å². The molecule has 6 nitrogen and oxygen atoms in total. The minimum Gasteiger partial charge on any atom is -0.375 e. The standard InChI is InChI=1S/C16H16N4O2S/c1-22-11-14(21)20-16(17-10-12-6-3-2-4-7-12)18-15(19-20)13-8-5-9-23-13/h2-9H,10-11H2,1H3,(H,17,18,19). The predicted octanol–water partition coefficient (Wildman–Crippen LogP) is 2.91. The van der Waals surface area contributed by atoms with Crippen LogP contribution in [0.15, 0.2) is 47.8 Å². The Kier molecular flexibility index (Phi) is 4.80. The van der Waals surface area contributed by atoms with Crippen LogP contribution in [0.3, 0.4) is 0 Å². The monoisotopic (exact) mass is 328 g/mol. The molecule has 3 aromatic rings. The molecule has 1 aromatic carbocycles. The molecule has 0 unspecified atom stereocenters. The van der Waals surface area contributed by atoms with Gasteiger partial charge in [0.15, 0.2) is 5.82 Å². The Balaban J connectivity index is 1.85. The summed E-state index contributed by atoms with van der Waals surface area (Å²) in [5, 5.41) is 9.42. The fourth-order valence-corrected chi connectivity index (χ4v) is 2.72. The van der Waals surface area contributed by atoms with E-state index >= 15 is 0 Å². The highest BCUT2D eigenvalue weighted by atomic mass is 32.1. The molecule has 1 N–H and O–H groups in total. The molecule has 0 saturated carbocycles. The van der Waals surface area contributed by atoms with E-state index in [4.69, 9.17) is 4.74 Å². The lowest BCUT2D eigenvalue weighted by Gasteiger charge is -2.06. The van der Waals surface area contributed by atoms with Crippen LogP contribution >= 0.6 is 11.3 Å². The molecule has 0 spiro atoms. The molecule has 0 fully saturated rings. The van der Waals surface area contributed by atoms with Gasteiger partial charge in [0, 0.05) is 13.7 Å². The summed E-state index contributed by atoms with van der Waals surface area (Å²) in [4.78, 5) is 17.5. The van der Waals surface area contributed by atoms with E-state index in [1.165, 1.54) is 23.1 Å². The number of benzene rings is 1. The van der Waals surface area contributed by atoms with Crippen molar-refractivity contribution < 1.29 is 9.53 Å². The molecule has 2 heterocycles. The van der Waals surface area contributed by atoms with Crippen molar-refractivity contribution in [3.05, 3.63) is 53.4 Å². The molecule has 0 aliphatic heterocycles. The summed E-state index contributed by atoms with van der Waals surface area (Å²) < 4.78 is 6.18. The summed E-state index contributed by atoms with van der Waals surface area (Å²) in [5.41, 5.74) is 1.10. The Morgan fingerprint density at radius 2 is 2.09 bits per heavy atom. The molecule has 23 heavy (non-hydrogen) atoms. The average molecular weight is 328 g/mol. The minimum atomic E-state index is -0.265. The number of methoxy groups -OCH3 is 1. The zero-order chi connectivity index (χ0) is 16.1. The van der Waals surface area contributed by atoms with Gasteiger partial charge in [-0.05, 0) is 17.0 Å². The highest BCUT2D eigenvalue weighted by Gasteiger charge is 2.17. The first-order valence-corrected chi connectivity index (χ1v) is 7.97. The van der Waals surface area contributed by atoms with Crippen LogP contribution in [0.2, 0.25) is 0 Å². The molecule has 0 aliphatic carbocycles. The van der Waals surface area contributed by atoms with Crippen LogP contribution in [0.1, 0.15) is 10.4 Å². The van der Waals surface area contributed by atoms with Gasteiger partial charge in [0.25, 0.3) is 5.91 Å². The van der Waals surface area contributed by atoms with Crippen molar-refractivity contribution in [2.75, 3.05) is 19.0 Å². The predicted molar refractivity (Wildman–Crippen MR) is 89.6 cm³/mol. The van der Waals surface area contributed by atoms with Gasteiger partial charge in [0.05, 0.1) is 4.88 Å². The number of hydrogen-bond donors (Lipinski definition) is 1. The second-order valence-corrected chi connectivity index (χ2v) is 5.76. The Morgan fingerprint density at radius 3 is 2.78 bits per heavy atom. The van der Waals surface area contributed by atoms with Gasteiger partial charge in [0.2, 0.25) is 5.95 Å². The van der Waals surface area contributed by atoms with Gasteiger partial charge in [-0.25, -0.2) is 0 Å². The molecule has 0 aliphatic rings. The molecule has 7 heteroatoms. The van der Waals surface area contributed by atoms with Gasteiger partial charge in [-0.3, -0.25) is 4.79 Å². The number of carbonyl (C=O) groups is 1. The normalized spacial score (nSPS) is 10.7. The fourth-order valence-electron chi connectivity index (χ4n) is 2.07. The van der Waals surface area contributed by atoms with E-state index in [2.05, 4.69) is 15.4 Å². The Bertz CT molecular complexity index is 769. The number of aromatic nitrogens is 3. The van der Waals surface area contributed by atoms with Crippen molar-refractivity contribution in [1.82, 2.24) is 14.8 Å². The van der Waals surface area contributed by atoms with E-state index in [0.29, 0.717) is 18.3 Å². The van der Waals surface area contributed by atoms with Gasteiger partial charge in [-0.2, -0.15) is 9.67 Å². The van der Waals surface area contributed by atoms with E-state index in [0.717, 1.165) is 10.4 Å². The van der Waals surface area contributed by atoms with E-state index in [-0.39, 0.29) is 12.5 Å². The van der Waals surface area contributed by atoms with Gasteiger partial charge >= 0.3 is 0 Å². The quantitative estimate of drug-likeness (QED) is 0.753. The molecule has 118 valence electrons. The molecule has 0 bridgehead atoms. The maximum atomic E-state index is 12.2. The van der Waals surface area contributed by atoms with Crippen molar-refractivity contribution in [3.63, 3.8) is 0 Å². The number of carbonyl (C=O) groups excluding carboxylic acids is 1. The lowest BCUT2D eigenvalue weighted by atomic mass is 10.2. The van der Waals surface area contributed by atoms with Crippen molar-refractivity contribution in [2.24, 2.45) is 0 Å². The largest absolute Gasteiger partial charge is 0.375 e. The Morgan fingerprint density at radius 1 is 1.26 bits per heavy atom. The number of hydrogen-bond acceptors (Lipinski definition) is 6. The van der Waals surface area contributed by atoms with Crippen LogP contribution in [0.5, 0.6) is 0 Å². The summed E-state index contributed by atoms with van der Waals surface area (Å²) in [6, 6.07) is 13.8. The molecular weight excluding hydrogens is 312 g/mol. The molecule has 0 amide bonds. The van der Waals surface area contributed by atoms with E-state index in [9.17, 15) is 4.79 Å². The molecule has 0 saturated heterocycles. The van der Waals surface area contributed by atoms with Crippen LogP contribution in [-0.4, -0.2) is 34.4 Å². The average Bonchev–Trinajstić information content (AvgIpc) is 3.23. The first-order valence-electron chi connectivity index (χ1n) is 7.09. The molecule has 0 atom stereocenters. The van der Waals surface area contributed by atoms with Gasteiger partial charge in [-0.1, -0.05) is 36.4 Å². The van der Waals surface area contributed by atoms with Gasteiger partial charge in [-0.15, -0.1) is 16.4 Å². The lowest BCUT2D eigenvalue weighted by Crippen LogP contribution is -2.20. The number of anilines is 1. The molecular formula is C16H16N4O2S. The van der Waals surface area contributed by atoms with Crippen LogP contribution < -0.4 is 5.32 Å². The Hall–Kier alpha value is -2.51. The van der Waals surface area contributed by atoms with Crippen LogP contribution in [0.25, 0.3) is 10.7 Å². The van der Waals surface area contributed by atoms with E-state index < -0.39 is 0 Å². The minimum absolute atomic E-state index is 0.0484.